The fourth-order valence-corrected chi connectivity index (χ4v) is 4.70. The highest BCUT2D eigenvalue weighted by Gasteiger charge is 2.43. The van der Waals surface area contributed by atoms with E-state index in [0.29, 0.717) is 23.4 Å². The van der Waals surface area contributed by atoms with Crippen molar-refractivity contribution in [3.05, 3.63) is 80.2 Å². The number of carbonyl (C=O) groups is 1. The van der Waals surface area contributed by atoms with Gasteiger partial charge in [-0.2, -0.15) is 0 Å². The molecule has 3 aromatic rings. The van der Waals surface area contributed by atoms with Gasteiger partial charge in [0.25, 0.3) is 5.56 Å². The van der Waals surface area contributed by atoms with Crippen LogP contribution in [0.1, 0.15) is 54.7 Å². The molecule has 10 heteroatoms. The molecule has 9 nitrogen and oxygen atoms in total. The Labute approximate surface area is 201 Å². The molecule has 0 unspecified atom stereocenters. The molecule has 0 bridgehead atoms. The molecule has 1 aliphatic rings. The lowest BCUT2D eigenvalue weighted by Crippen LogP contribution is -2.36. The summed E-state index contributed by atoms with van der Waals surface area (Å²) in [5.74, 6) is 1.20. The van der Waals surface area contributed by atoms with E-state index in [1.807, 2.05) is 32.9 Å². The van der Waals surface area contributed by atoms with Gasteiger partial charge >= 0.3 is 0 Å². The summed E-state index contributed by atoms with van der Waals surface area (Å²) in [6, 6.07) is 9.99. The Kier molecular flexibility index (Phi) is 6.22. The molecule has 5 N–H and O–H groups in total. The van der Waals surface area contributed by atoms with Gasteiger partial charge in [-0.25, -0.2) is 4.98 Å². The summed E-state index contributed by atoms with van der Waals surface area (Å²) in [5, 5.41) is 13.6. The van der Waals surface area contributed by atoms with Gasteiger partial charge in [-0.15, -0.1) is 0 Å². The number of halogens is 1. The third-order valence-electron chi connectivity index (χ3n) is 5.98. The number of aryl methyl sites for hydroxylation is 1. The minimum absolute atomic E-state index is 0.0168. The van der Waals surface area contributed by atoms with Crippen LogP contribution in [0.3, 0.4) is 0 Å². The third-order valence-corrected chi connectivity index (χ3v) is 6.25. The lowest BCUT2D eigenvalue weighted by atomic mass is 9.87. The summed E-state index contributed by atoms with van der Waals surface area (Å²) >= 11 is 6.51. The van der Waals surface area contributed by atoms with E-state index in [1.54, 1.807) is 24.3 Å². The first-order chi connectivity index (χ1) is 16.1. The molecule has 0 radical (unpaired) electrons. The zero-order valence-corrected chi connectivity index (χ0v) is 20.0. The second-order valence-corrected chi connectivity index (χ2v) is 9.43. The average molecular weight is 483 g/mol. The second kappa shape index (κ2) is 8.98. The van der Waals surface area contributed by atoms with Crippen LogP contribution in [0.4, 0.5) is 5.82 Å². The molecular weight excluding hydrogens is 456 g/mol. The third kappa shape index (κ3) is 4.56. The van der Waals surface area contributed by atoms with Gasteiger partial charge in [0.05, 0.1) is 12.2 Å². The largest absolute Gasteiger partial charge is 0.465 e. The van der Waals surface area contributed by atoms with Crippen molar-refractivity contribution in [2.45, 2.75) is 51.7 Å². The van der Waals surface area contributed by atoms with Crippen molar-refractivity contribution in [1.29, 1.82) is 5.41 Å². The maximum absolute atomic E-state index is 13.4. The highest BCUT2D eigenvalue weighted by Crippen LogP contribution is 2.42. The Morgan fingerprint density at radius 3 is 2.59 bits per heavy atom. The SMILES string of the molecule is Cc1ccc(CNc2nc(Cl)c3n(c2=O)[C@H](C(=O)NCc2ccc(C(=N)N)cc2)CC3(C)C)o1. The maximum atomic E-state index is 13.4. The van der Waals surface area contributed by atoms with E-state index >= 15 is 0 Å². The van der Waals surface area contributed by atoms with E-state index in [4.69, 9.17) is 27.2 Å². The molecule has 1 aromatic carbocycles. The van der Waals surface area contributed by atoms with Crippen molar-refractivity contribution >= 4 is 29.2 Å². The summed E-state index contributed by atoms with van der Waals surface area (Å²) in [4.78, 5) is 30.8. The number of nitrogens with two attached hydrogens (primary N) is 1. The van der Waals surface area contributed by atoms with Crippen LogP contribution in [-0.4, -0.2) is 21.3 Å². The van der Waals surface area contributed by atoms with Gasteiger partial charge in [-0.3, -0.25) is 19.6 Å². The van der Waals surface area contributed by atoms with Gasteiger partial charge in [-0.05, 0) is 31.0 Å². The molecule has 0 saturated carbocycles. The van der Waals surface area contributed by atoms with Crippen LogP contribution in [0.2, 0.25) is 5.15 Å². The standard InChI is InChI=1S/C24H27ClN6O3/c1-13-4-9-16(34-13)12-28-21-23(33)31-17(10-24(2,3)18(31)19(25)30-21)22(32)29-11-14-5-7-15(8-6-14)20(26)27/h4-9,17H,10-12H2,1-3H3,(H3,26,27)(H,28,30)(H,29,32)/t17-/m0/s1. The first-order valence-corrected chi connectivity index (χ1v) is 11.3. The van der Waals surface area contributed by atoms with Crippen LogP contribution in [-0.2, 0) is 23.3 Å². The van der Waals surface area contributed by atoms with Crippen LogP contribution in [0.5, 0.6) is 0 Å². The summed E-state index contributed by atoms with van der Waals surface area (Å²) in [6.07, 6.45) is 0.416. The summed E-state index contributed by atoms with van der Waals surface area (Å²) < 4.78 is 7.00. The summed E-state index contributed by atoms with van der Waals surface area (Å²) in [5.41, 5.74) is 6.59. The molecule has 2 aromatic heterocycles. The molecule has 0 spiro atoms. The zero-order valence-electron chi connectivity index (χ0n) is 19.2. The average Bonchev–Trinajstić information content (AvgIpc) is 3.33. The number of amides is 1. The predicted octanol–water partition coefficient (Wildman–Crippen LogP) is 3.23. The van der Waals surface area contributed by atoms with Crippen molar-refractivity contribution < 1.29 is 9.21 Å². The number of rotatable bonds is 7. The number of aromatic nitrogens is 2. The van der Waals surface area contributed by atoms with Crippen LogP contribution < -0.4 is 21.9 Å². The Hall–Kier alpha value is -3.59. The molecular formula is C24H27ClN6O3. The predicted molar refractivity (Wildman–Crippen MR) is 130 cm³/mol. The topological polar surface area (TPSA) is 139 Å². The number of nitrogens with one attached hydrogen (secondary N) is 3. The van der Waals surface area contributed by atoms with Gasteiger partial charge in [0.15, 0.2) is 11.0 Å². The van der Waals surface area contributed by atoms with E-state index in [2.05, 4.69) is 15.6 Å². The fourth-order valence-electron chi connectivity index (χ4n) is 4.27. The number of nitrogen functional groups attached to an aromatic ring is 1. The number of fused-ring (bicyclic) bond motifs is 1. The van der Waals surface area contributed by atoms with Crippen LogP contribution in [0.15, 0.2) is 45.6 Å². The van der Waals surface area contributed by atoms with Gasteiger partial charge < -0.3 is 20.8 Å². The van der Waals surface area contributed by atoms with Crippen molar-refractivity contribution in [1.82, 2.24) is 14.9 Å². The van der Waals surface area contributed by atoms with Crippen LogP contribution in [0, 0.1) is 12.3 Å². The molecule has 3 heterocycles. The smallest absolute Gasteiger partial charge is 0.294 e. The van der Waals surface area contributed by atoms with Gasteiger partial charge in [0, 0.05) is 17.5 Å². The van der Waals surface area contributed by atoms with Crippen molar-refractivity contribution in [3.8, 4) is 0 Å². The van der Waals surface area contributed by atoms with Crippen molar-refractivity contribution in [2.24, 2.45) is 5.73 Å². The molecule has 0 aliphatic carbocycles. The quantitative estimate of drug-likeness (QED) is 0.301. The number of amidine groups is 1. The number of hydrogen-bond donors (Lipinski definition) is 4. The van der Waals surface area contributed by atoms with Gasteiger partial charge in [0.2, 0.25) is 5.91 Å². The van der Waals surface area contributed by atoms with E-state index < -0.39 is 17.0 Å². The number of carbonyl (C=O) groups excluding carboxylic acids is 1. The molecule has 178 valence electrons. The number of benzene rings is 1. The lowest BCUT2D eigenvalue weighted by molar-refractivity contribution is -0.124. The second-order valence-electron chi connectivity index (χ2n) is 9.07. The molecule has 4 rings (SSSR count). The molecule has 1 amide bonds. The minimum atomic E-state index is -0.721. The molecule has 1 atom stereocenters. The fraction of sp³-hybridized carbons (Fsp3) is 0.333. The molecule has 0 fully saturated rings. The maximum Gasteiger partial charge on any atom is 0.294 e. The first-order valence-electron chi connectivity index (χ1n) is 10.9. The monoisotopic (exact) mass is 482 g/mol. The first kappa shape index (κ1) is 23.6. The van der Waals surface area contributed by atoms with Gasteiger partial charge in [0.1, 0.15) is 23.4 Å². The Bertz CT molecular complexity index is 1310. The normalized spacial score (nSPS) is 16.2. The Morgan fingerprint density at radius 1 is 1.26 bits per heavy atom. The van der Waals surface area contributed by atoms with Crippen LogP contribution >= 0.6 is 11.6 Å². The van der Waals surface area contributed by atoms with E-state index in [9.17, 15) is 9.59 Å². The van der Waals surface area contributed by atoms with E-state index in [1.165, 1.54) is 4.57 Å². The van der Waals surface area contributed by atoms with Crippen molar-refractivity contribution in [2.75, 3.05) is 5.32 Å². The summed E-state index contributed by atoms with van der Waals surface area (Å²) in [7, 11) is 0. The lowest BCUT2D eigenvalue weighted by Gasteiger charge is -2.18. The minimum Gasteiger partial charge on any atom is -0.465 e. The van der Waals surface area contributed by atoms with Crippen molar-refractivity contribution in [3.63, 3.8) is 0 Å². The highest BCUT2D eigenvalue weighted by molar-refractivity contribution is 6.30. The Balaban J connectivity index is 1.57. The molecule has 0 saturated heterocycles. The number of furan rings is 1. The van der Waals surface area contributed by atoms with E-state index in [-0.39, 0.29) is 35.8 Å². The highest BCUT2D eigenvalue weighted by atomic mass is 35.5. The molecule has 34 heavy (non-hydrogen) atoms. The number of nitrogens with zero attached hydrogens (tertiary/aromatic N) is 2. The summed E-state index contributed by atoms with van der Waals surface area (Å²) in [6.45, 7) is 6.27. The Morgan fingerprint density at radius 2 is 1.97 bits per heavy atom. The van der Waals surface area contributed by atoms with Gasteiger partial charge in [-0.1, -0.05) is 49.7 Å². The molecule has 1 aliphatic heterocycles. The number of hydrogen-bond acceptors (Lipinski definition) is 6. The number of anilines is 1. The van der Waals surface area contributed by atoms with E-state index in [0.717, 1.165) is 11.3 Å². The van der Waals surface area contributed by atoms with Crippen LogP contribution in [0.25, 0.3) is 0 Å². The zero-order chi connectivity index (χ0) is 24.6.